The van der Waals surface area contributed by atoms with Crippen LogP contribution in [0.4, 0.5) is 4.79 Å². The average Bonchev–Trinajstić information content (AvgIpc) is 1.59. The Hall–Kier alpha value is -10.1. The summed E-state index contributed by atoms with van der Waals surface area (Å²) in [4.78, 5) is 167. The molecule has 7 amide bonds. The van der Waals surface area contributed by atoms with E-state index in [2.05, 4.69) is 51.7 Å². The van der Waals surface area contributed by atoms with E-state index in [1.165, 1.54) is 11.9 Å². The van der Waals surface area contributed by atoms with Gasteiger partial charge in [0.25, 0.3) is 0 Å². The van der Waals surface area contributed by atoms with E-state index in [1.54, 1.807) is 38.4 Å². The number of carbonyl (C=O) groups is 12. The van der Waals surface area contributed by atoms with Gasteiger partial charge < -0.3 is 83.3 Å². The van der Waals surface area contributed by atoms with Crippen molar-refractivity contribution < 1.29 is 92.5 Å². The summed E-state index contributed by atoms with van der Waals surface area (Å²) in [6.45, 7) is 5.31. The molecule has 0 spiro atoms. The number of benzene rings is 1. The normalized spacial score (nSPS) is 12.8. The Kier molecular flexibility index (Phi) is 30.6. The number of H-pyrrole nitrogens is 1. The molecular formula is C57H74N14O19S2. The number of aliphatic carboxylic acids is 5. The number of hydrogen-bond acceptors (Lipinski definition) is 20. The van der Waals surface area contributed by atoms with Crippen LogP contribution in [0.3, 0.4) is 0 Å². The minimum absolute atomic E-state index is 0.0253. The van der Waals surface area contributed by atoms with Gasteiger partial charge in [-0.15, -0.1) is 0 Å². The van der Waals surface area contributed by atoms with Gasteiger partial charge in [0, 0.05) is 66.5 Å². The van der Waals surface area contributed by atoms with E-state index < -0.39 is 146 Å². The van der Waals surface area contributed by atoms with Gasteiger partial charge in [0.2, 0.25) is 35.4 Å². The van der Waals surface area contributed by atoms with Crippen molar-refractivity contribution in [2.24, 2.45) is 22.4 Å². The van der Waals surface area contributed by atoms with Crippen molar-refractivity contribution in [2.75, 3.05) is 44.9 Å². The zero-order valence-corrected chi connectivity index (χ0v) is 52.1. The van der Waals surface area contributed by atoms with Crippen molar-refractivity contribution in [2.45, 2.75) is 108 Å². The highest BCUT2D eigenvalue weighted by Crippen LogP contribution is 2.31. The first-order valence-electron chi connectivity index (χ1n) is 28.4. The maximum Gasteiger partial charge on any atom is 0.409 e. The summed E-state index contributed by atoms with van der Waals surface area (Å²) < 4.78 is 11.2. The van der Waals surface area contributed by atoms with Gasteiger partial charge in [-0.05, 0) is 80.6 Å². The molecule has 4 rings (SSSR count). The first kappa shape index (κ1) is 74.4. The number of aryl methyl sites for hydroxylation is 1. The maximum absolute atomic E-state index is 13.8. The number of carbonyl (C=O) groups excluding carboxylic acids is 7. The number of aromatic amines is 1. The lowest BCUT2D eigenvalue weighted by atomic mass is 10.0. The Morgan fingerprint density at radius 1 is 0.652 bits per heavy atom. The van der Waals surface area contributed by atoms with Gasteiger partial charge in [0.15, 0.2) is 5.96 Å². The van der Waals surface area contributed by atoms with Gasteiger partial charge >= 0.3 is 35.9 Å². The topological polar surface area (TPSA) is 519 Å². The number of hydrogen-bond donors (Lipinski definition) is 14. The van der Waals surface area contributed by atoms with Crippen molar-refractivity contribution in [3.8, 4) is 39.5 Å². The predicted octanol–water partition coefficient (Wildman–Crippen LogP) is 0.720. The molecule has 0 aliphatic heterocycles. The van der Waals surface area contributed by atoms with E-state index in [-0.39, 0.29) is 62.5 Å². The second kappa shape index (κ2) is 37.8. The molecule has 0 saturated heterocycles. The highest BCUT2D eigenvalue weighted by molar-refractivity contribution is 8.76. The lowest BCUT2D eigenvalue weighted by Crippen LogP contribution is -2.59. The molecule has 92 heavy (non-hydrogen) atoms. The van der Waals surface area contributed by atoms with Crippen LogP contribution in [0, 0.1) is 12.8 Å². The molecule has 6 atom stereocenters. The van der Waals surface area contributed by atoms with E-state index in [9.17, 15) is 83.1 Å². The van der Waals surface area contributed by atoms with Crippen LogP contribution in [0.25, 0.3) is 33.8 Å². The first-order chi connectivity index (χ1) is 43.6. The molecule has 0 bridgehead atoms. The molecule has 0 aliphatic rings. The number of aromatic nitrogens is 4. The Morgan fingerprint density at radius 3 is 1.80 bits per heavy atom. The standard InChI is InChI=1S/C57H74N14O19S2/c1-30(2)23-45(73)64-38(54(84)85)14-15-44(72)65-40(25-46(74)75)51(81)66-37(9-6-17-61-56(58)59)50(80)67-41(26-47(76)77)52(82)68-42(27-48(78)79)53(83)69-43(55(86)87)29-92-91-22-21-90-57(88)71(4)19-20-89-34-12-10-32(11-13-34)39-24-33(16-18-60-39)49-35(28-62-70-49)36-8-5-7-31(3)63-36/h5,7-8,10-13,16,18,24,28,30,37-38,40-43H,6,9,14-15,17,19-23,25-27,29H2,1-4H3,(H,62,70)(H,64,73)(H,65,72)(H,66,81)(H,67,80)(H,68,82)(H,69,83)(H,74,75)(H,76,77)(H,78,79)(H,84,85)(H,86,87)(H4,58,59,61)/t37-,38-,40-,41-,42-,43-/m0/s1. The Morgan fingerprint density at radius 2 is 1.23 bits per heavy atom. The van der Waals surface area contributed by atoms with Crippen LogP contribution in [-0.2, 0) is 57.5 Å². The van der Waals surface area contributed by atoms with E-state index in [1.807, 2.05) is 54.7 Å². The van der Waals surface area contributed by atoms with Gasteiger partial charge in [0.1, 0.15) is 55.2 Å². The number of carboxylic acids is 5. The zero-order chi connectivity index (χ0) is 68.0. The predicted molar refractivity (Wildman–Crippen MR) is 332 cm³/mol. The monoisotopic (exact) mass is 1320 g/mol. The molecule has 16 N–H and O–H groups in total. The number of nitrogens with zero attached hydrogens (tertiary/aromatic N) is 5. The molecule has 0 fully saturated rings. The number of pyridine rings is 2. The summed E-state index contributed by atoms with van der Waals surface area (Å²) in [6, 6.07) is 5.65. The Labute approximate surface area is 534 Å². The average molecular weight is 1320 g/mol. The van der Waals surface area contributed by atoms with Crippen molar-refractivity contribution in [3.05, 3.63) is 72.7 Å². The second-order valence-corrected chi connectivity index (χ2v) is 23.4. The SMILES string of the molecule is Cc1cccc(-c2cn[nH]c2-c2ccnc(-c3ccc(OCCN(C)C(=O)OCCSSC[C@H](NC(=O)[C@H](CC(=O)O)NC(=O)[C@H](CC(=O)O)NC(=O)[C@H](CCCN=C(N)N)NC(=O)[C@H](CC(=O)O)NC(=O)CC[C@H](NC(=O)CC(C)C)C(=O)O)C(=O)O)cc3)c2)n1. The highest BCUT2D eigenvalue weighted by Gasteiger charge is 2.35. The fourth-order valence-corrected chi connectivity index (χ4v) is 10.3. The third-order valence-corrected chi connectivity index (χ3v) is 15.2. The number of carboxylic acid groups (broad SMARTS) is 5. The fraction of sp³-hybridized carbons (Fsp3) is 0.439. The van der Waals surface area contributed by atoms with Crippen LogP contribution in [0.1, 0.15) is 70.9 Å². The van der Waals surface area contributed by atoms with Gasteiger partial charge in [-0.2, -0.15) is 5.10 Å². The van der Waals surface area contributed by atoms with Gasteiger partial charge in [-0.1, -0.05) is 41.5 Å². The minimum Gasteiger partial charge on any atom is -0.492 e. The number of nitrogens with two attached hydrogens (primary N) is 2. The zero-order valence-electron chi connectivity index (χ0n) is 50.5. The van der Waals surface area contributed by atoms with E-state index in [4.69, 9.17) is 20.9 Å². The smallest absolute Gasteiger partial charge is 0.409 e. The van der Waals surface area contributed by atoms with Gasteiger partial charge in [0.05, 0.1) is 49.1 Å². The quantitative estimate of drug-likeness (QED) is 0.0126. The lowest BCUT2D eigenvalue weighted by Gasteiger charge is -2.26. The van der Waals surface area contributed by atoms with E-state index >= 15 is 0 Å². The summed E-state index contributed by atoms with van der Waals surface area (Å²) in [5.41, 5.74) is 16.5. The molecule has 0 unspecified atom stereocenters. The Balaban J connectivity index is 1.29. The third-order valence-electron chi connectivity index (χ3n) is 12.9. The number of guanidine groups is 1. The number of aliphatic imine (C=N–C) groups is 1. The fourth-order valence-electron chi connectivity index (χ4n) is 8.31. The molecular weight excluding hydrogens is 1250 g/mol. The third kappa shape index (κ3) is 26.6. The van der Waals surface area contributed by atoms with Crippen LogP contribution < -0.4 is 48.1 Å². The minimum atomic E-state index is -2.13. The largest absolute Gasteiger partial charge is 0.492 e. The van der Waals surface area contributed by atoms with Crippen LogP contribution in [0.5, 0.6) is 5.75 Å². The summed E-state index contributed by atoms with van der Waals surface area (Å²) >= 11 is 0. The molecule has 4 aromatic rings. The molecule has 35 heteroatoms. The van der Waals surface area contributed by atoms with Crippen molar-refractivity contribution >= 4 is 98.9 Å². The summed E-state index contributed by atoms with van der Waals surface area (Å²) in [5.74, 6) is -15.3. The van der Waals surface area contributed by atoms with E-state index in [0.717, 1.165) is 55.4 Å². The van der Waals surface area contributed by atoms with Crippen molar-refractivity contribution in [1.82, 2.24) is 57.0 Å². The number of likely N-dealkylation sites (N-methyl/N-ethyl adjacent to an activating group) is 1. The molecule has 3 aromatic heterocycles. The van der Waals surface area contributed by atoms with Crippen LogP contribution in [0.2, 0.25) is 0 Å². The lowest BCUT2D eigenvalue weighted by molar-refractivity contribution is -0.144. The van der Waals surface area contributed by atoms with Crippen LogP contribution in [-0.4, -0.2) is 209 Å². The number of ether oxygens (including phenoxy) is 2. The van der Waals surface area contributed by atoms with Gasteiger partial charge in [-0.25, -0.2) is 14.4 Å². The molecule has 498 valence electrons. The highest BCUT2D eigenvalue weighted by atomic mass is 33.1. The molecule has 1 aromatic carbocycles. The van der Waals surface area contributed by atoms with Crippen LogP contribution >= 0.6 is 21.6 Å². The number of rotatable bonds is 40. The molecule has 0 saturated carbocycles. The molecule has 33 nitrogen and oxygen atoms in total. The van der Waals surface area contributed by atoms with Crippen molar-refractivity contribution in [3.63, 3.8) is 0 Å². The second-order valence-electron chi connectivity index (χ2n) is 20.8. The van der Waals surface area contributed by atoms with Gasteiger partial charge in [-0.3, -0.25) is 63.2 Å². The number of amides is 7. The summed E-state index contributed by atoms with van der Waals surface area (Å²) in [6.07, 6.45) is -2.39. The van der Waals surface area contributed by atoms with Crippen molar-refractivity contribution in [1.29, 1.82) is 0 Å². The Bertz CT molecular complexity index is 3280. The summed E-state index contributed by atoms with van der Waals surface area (Å²) in [5, 5.41) is 68.6. The molecule has 0 radical (unpaired) electrons. The number of nitrogens with one attached hydrogen (secondary N) is 7. The first-order valence-corrected chi connectivity index (χ1v) is 30.8. The van der Waals surface area contributed by atoms with E-state index in [0.29, 0.717) is 11.4 Å². The van der Waals surface area contributed by atoms with Crippen LogP contribution in [0.15, 0.2) is 72.0 Å². The maximum atomic E-state index is 13.8. The summed E-state index contributed by atoms with van der Waals surface area (Å²) in [7, 11) is 3.48. The molecule has 0 aliphatic carbocycles. The molecule has 3 heterocycles.